The van der Waals surface area contributed by atoms with Crippen molar-refractivity contribution in [2.75, 3.05) is 36.8 Å². The van der Waals surface area contributed by atoms with Crippen molar-refractivity contribution in [2.45, 2.75) is 0 Å². The van der Waals surface area contributed by atoms with Crippen molar-refractivity contribution in [2.24, 2.45) is 11.5 Å². The Morgan fingerprint density at radius 1 is 0.615 bits per heavy atom. The zero-order chi connectivity index (χ0) is 18.8. The molecule has 0 aromatic heterocycles. The summed E-state index contributed by atoms with van der Waals surface area (Å²) >= 11 is 0. The van der Waals surface area contributed by atoms with Crippen LogP contribution in [0.25, 0.3) is 21.5 Å². The van der Waals surface area contributed by atoms with Gasteiger partial charge in [0.2, 0.25) is 0 Å². The van der Waals surface area contributed by atoms with E-state index in [1.54, 1.807) is 12.1 Å². The summed E-state index contributed by atoms with van der Waals surface area (Å²) < 4.78 is 0. The average molecular weight is 358 g/mol. The van der Waals surface area contributed by atoms with E-state index in [0.29, 0.717) is 48.3 Å². The van der Waals surface area contributed by atoms with Crippen molar-refractivity contribution in [3.8, 4) is 23.0 Å². The minimum atomic E-state index is -0.253. The van der Waals surface area contributed by atoms with Gasteiger partial charge in [-0.3, -0.25) is 0 Å². The van der Waals surface area contributed by atoms with E-state index in [1.165, 1.54) is 12.1 Å². The number of anilines is 2. The lowest BCUT2D eigenvalue weighted by Gasteiger charge is -2.19. The van der Waals surface area contributed by atoms with Crippen LogP contribution in [0.4, 0.5) is 11.4 Å². The zero-order valence-electron chi connectivity index (χ0n) is 14.1. The lowest BCUT2D eigenvalue weighted by atomic mass is 9.96. The molecule has 0 bridgehead atoms. The van der Waals surface area contributed by atoms with Gasteiger partial charge in [-0.2, -0.15) is 0 Å². The smallest absolute Gasteiger partial charge is 0.137 e. The van der Waals surface area contributed by atoms with Crippen LogP contribution in [0.5, 0.6) is 23.0 Å². The molecular weight excluding hydrogens is 336 g/mol. The Morgan fingerprint density at radius 3 is 1.35 bits per heavy atom. The zero-order valence-corrected chi connectivity index (χ0v) is 14.1. The predicted octanol–water partition coefficient (Wildman–Crippen LogP) is 1.56. The highest BCUT2D eigenvalue weighted by molar-refractivity contribution is 6.21. The summed E-state index contributed by atoms with van der Waals surface area (Å²) in [6, 6.07) is 5.99. The van der Waals surface area contributed by atoms with Crippen LogP contribution in [0, 0.1) is 0 Å². The van der Waals surface area contributed by atoms with Crippen molar-refractivity contribution >= 4 is 32.9 Å². The number of phenols is 4. The lowest BCUT2D eigenvalue weighted by Crippen LogP contribution is -2.14. The van der Waals surface area contributed by atoms with E-state index in [0.717, 1.165) is 0 Å². The number of nitrogens with two attached hydrogens (primary N) is 2. The Hall–Kier alpha value is -3.10. The number of rotatable bonds is 6. The first-order valence-corrected chi connectivity index (χ1v) is 8.24. The molecule has 3 rings (SSSR count). The Morgan fingerprint density at radius 2 is 1.00 bits per heavy atom. The molecule has 0 amide bonds. The highest BCUT2D eigenvalue weighted by Gasteiger charge is 2.22. The van der Waals surface area contributed by atoms with Gasteiger partial charge in [-0.25, -0.2) is 0 Å². The normalized spacial score (nSPS) is 11.2. The summed E-state index contributed by atoms with van der Waals surface area (Å²) in [6.07, 6.45) is 0. The maximum Gasteiger partial charge on any atom is 0.137 e. The Kier molecular flexibility index (Phi) is 4.79. The highest BCUT2D eigenvalue weighted by atomic mass is 16.3. The molecule has 0 fully saturated rings. The third-order valence-electron chi connectivity index (χ3n) is 4.23. The van der Waals surface area contributed by atoms with Gasteiger partial charge in [-0.15, -0.1) is 0 Å². The molecule has 0 aliphatic carbocycles. The van der Waals surface area contributed by atoms with Gasteiger partial charge in [0.15, 0.2) is 0 Å². The number of hydrogen-bond donors (Lipinski definition) is 8. The van der Waals surface area contributed by atoms with Crippen LogP contribution in [0.15, 0.2) is 24.3 Å². The second-order valence-electron chi connectivity index (χ2n) is 5.89. The van der Waals surface area contributed by atoms with Gasteiger partial charge in [0.25, 0.3) is 0 Å². The van der Waals surface area contributed by atoms with Gasteiger partial charge in [-0.1, -0.05) is 0 Å². The summed E-state index contributed by atoms with van der Waals surface area (Å²) in [5, 5.41) is 48.9. The number of benzene rings is 3. The van der Waals surface area contributed by atoms with Crippen LogP contribution in [0.3, 0.4) is 0 Å². The van der Waals surface area contributed by atoms with Gasteiger partial charge in [0.05, 0.1) is 21.5 Å². The molecule has 8 nitrogen and oxygen atoms in total. The molecule has 0 heterocycles. The highest BCUT2D eigenvalue weighted by Crippen LogP contribution is 2.52. The lowest BCUT2D eigenvalue weighted by molar-refractivity contribution is 0.451. The number of phenolic OH excluding ortho intramolecular Hbond substituents is 4. The number of fused-ring (bicyclic) bond motifs is 2. The molecule has 10 N–H and O–H groups in total. The Labute approximate surface area is 149 Å². The SMILES string of the molecule is NCCNc1ccc(NCCN)c2c(O)c3c(O)ccc(O)c3c(O)c12. The van der Waals surface area contributed by atoms with E-state index >= 15 is 0 Å². The van der Waals surface area contributed by atoms with Crippen LogP contribution < -0.4 is 22.1 Å². The molecule has 0 saturated heterocycles. The van der Waals surface area contributed by atoms with Crippen LogP contribution in [-0.2, 0) is 0 Å². The van der Waals surface area contributed by atoms with E-state index in [1.807, 2.05) is 0 Å². The number of aromatic hydroxyl groups is 4. The van der Waals surface area contributed by atoms with Gasteiger partial charge in [0, 0.05) is 37.6 Å². The standard InChI is InChI=1S/C18H22N4O4/c19-5-7-21-9-1-2-10(22-8-6-20)14-13(9)17(25)15-11(23)3-4-12(24)16(15)18(14)26/h1-4,21-26H,5-8,19-20H2. The molecule has 26 heavy (non-hydrogen) atoms. The molecule has 0 radical (unpaired) electrons. The van der Waals surface area contributed by atoms with Crippen molar-refractivity contribution in [3.63, 3.8) is 0 Å². The van der Waals surface area contributed by atoms with Crippen molar-refractivity contribution in [1.29, 1.82) is 0 Å². The first-order chi connectivity index (χ1) is 12.5. The van der Waals surface area contributed by atoms with E-state index in [4.69, 9.17) is 11.5 Å². The molecule has 0 saturated carbocycles. The van der Waals surface area contributed by atoms with Crippen molar-refractivity contribution in [1.82, 2.24) is 0 Å². The van der Waals surface area contributed by atoms with E-state index < -0.39 is 0 Å². The van der Waals surface area contributed by atoms with E-state index in [9.17, 15) is 20.4 Å². The summed E-state index contributed by atoms with van der Waals surface area (Å²) in [5.41, 5.74) is 12.2. The molecule has 3 aromatic carbocycles. The summed E-state index contributed by atoms with van der Waals surface area (Å²) in [7, 11) is 0. The topological polar surface area (TPSA) is 157 Å². The third-order valence-corrected chi connectivity index (χ3v) is 4.23. The second kappa shape index (κ2) is 7.03. The molecule has 0 atom stereocenters. The minimum Gasteiger partial charge on any atom is -0.507 e. The maximum atomic E-state index is 10.9. The molecule has 8 heteroatoms. The largest absolute Gasteiger partial charge is 0.507 e. The Balaban J connectivity index is 2.46. The first-order valence-electron chi connectivity index (χ1n) is 8.24. The monoisotopic (exact) mass is 358 g/mol. The van der Waals surface area contributed by atoms with Gasteiger partial charge in [0.1, 0.15) is 23.0 Å². The van der Waals surface area contributed by atoms with Crippen LogP contribution in [0.1, 0.15) is 0 Å². The average Bonchev–Trinajstić information content (AvgIpc) is 2.64. The fourth-order valence-electron chi connectivity index (χ4n) is 3.11. The molecular formula is C18H22N4O4. The van der Waals surface area contributed by atoms with Crippen molar-refractivity contribution < 1.29 is 20.4 Å². The van der Waals surface area contributed by atoms with Crippen LogP contribution in [-0.4, -0.2) is 46.6 Å². The quantitative estimate of drug-likeness (QED) is 0.244. The van der Waals surface area contributed by atoms with E-state index in [2.05, 4.69) is 10.6 Å². The van der Waals surface area contributed by atoms with Gasteiger partial charge in [-0.05, 0) is 24.3 Å². The predicted molar refractivity (Wildman–Crippen MR) is 103 cm³/mol. The Bertz CT molecular complexity index is 897. The summed E-state index contributed by atoms with van der Waals surface area (Å²) in [5.74, 6) is -1.01. The van der Waals surface area contributed by atoms with Crippen molar-refractivity contribution in [3.05, 3.63) is 24.3 Å². The van der Waals surface area contributed by atoms with Crippen LogP contribution >= 0.6 is 0 Å². The van der Waals surface area contributed by atoms with E-state index in [-0.39, 0.29) is 33.8 Å². The van der Waals surface area contributed by atoms with Gasteiger partial charge >= 0.3 is 0 Å². The number of hydrogen-bond acceptors (Lipinski definition) is 8. The molecule has 0 unspecified atom stereocenters. The number of nitrogens with one attached hydrogen (secondary N) is 2. The molecule has 3 aromatic rings. The fourth-order valence-corrected chi connectivity index (χ4v) is 3.11. The third kappa shape index (κ3) is 2.75. The molecule has 0 spiro atoms. The van der Waals surface area contributed by atoms with Crippen LogP contribution in [0.2, 0.25) is 0 Å². The first kappa shape index (κ1) is 17.7. The molecule has 138 valence electrons. The maximum absolute atomic E-state index is 10.9. The summed E-state index contributed by atoms with van der Waals surface area (Å²) in [6.45, 7) is 1.66. The summed E-state index contributed by atoms with van der Waals surface area (Å²) in [4.78, 5) is 0. The molecule has 0 aliphatic heterocycles. The second-order valence-corrected chi connectivity index (χ2v) is 5.89. The minimum absolute atomic E-state index is 0.0261. The fraction of sp³-hybridized carbons (Fsp3) is 0.222. The van der Waals surface area contributed by atoms with Gasteiger partial charge < -0.3 is 42.5 Å². The molecule has 0 aliphatic rings.